The average Bonchev–Trinajstić information content (AvgIpc) is 2.76. The summed E-state index contributed by atoms with van der Waals surface area (Å²) in [4.78, 5) is 0. The molecule has 0 amide bonds. The van der Waals surface area contributed by atoms with Crippen molar-refractivity contribution in [2.45, 2.75) is 16.5 Å². The van der Waals surface area contributed by atoms with Crippen molar-refractivity contribution in [2.75, 3.05) is 0 Å². The summed E-state index contributed by atoms with van der Waals surface area (Å²) in [5.74, 6) is 0. The van der Waals surface area contributed by atoms with E-state index in [9.17, 15) is 0 Å². The van der Waals surface area contributed by atoms with Crippen LogP contribution in [0.1, 0.15) is 0 Å². The Kier molecular flexibility index (Phi) is 2.00. The fourth-order valence-corrected chi connectivity index (χ4v) is 15.9. The van der Waals surface area contributed by atoms with Crippen LogP contribution in [0.2, 0.25) is 16.5 Å². The third-order valence-corrected chi connectivity index (χ3v) is 25.3. The Bertz CT molecular complexity index is 498. The van der Waals surface area contributed by atoms with Crippen molar-refractivity contribution in [3.05, 3.63) is 48.6 Å². The van der Waals surface area contributed by atoms with Gasteiger partial charge in [0.05, 0.1) is 0 Å². The van der Waals surface area contributed by atoms with Crippen LogP contribution in [0.15, 0.2) is 48.6 Å². The summed E-state index contributed by atoms with van der Waals surface area (Å²) < 4.78 is 8.54. The molecule has 2 aliphatic rings. The van der Waals surface area contributed by atoms with Gasteiger partial charge in [0, 0.05) is 0 Å². The number of allylic oxidation sites excluding steroid dienone is 8. The van der Waals surface area contributed by atoms with Gasteiger partial charge in [0.2, 0.25) is 0 Å². The van der Waals surface area contributed by atoms with E-state index in [2.05, 4.69) is 28.5 Å². The van der Waals surface area contributed by atoms with Gasteiger partial charge in [0.25, 0.3) is 0 Å². The van der Waals surface area contributed by atoms with E-state index in [0.717, 1.165) is 0 Å². The van der Waals surface area contributed by atoms with E-state index in [4.69, 9.17) is 17.0 Å². The third kappa shape index (κ3) is 1.72. The van der Waals surface area contributed by atoms with Crippen molar-refractivity contribution in [1.82, 2.24) is 0 Å². The van der Waals surface area contributed by atoms with Crippen molar-refractivity contribution >= 4 is 21.2 Å². The number of hydrogen-bond acceptors (Lipinski definition) is 0. The van der Waals surface area contributed by atoms with Gasteiger partial charge in [0.1, 0.15) is 0 Å². The quantitative estimate of drug-likeness (QED) is 0.632. The first kappa shape index (κ1) is 12.7. The zero-order valence-corrected chi connectivity index (χ0v) is 13.7. The first-order chi connectivity index (χ1) is 6.96. The van der Waals surface area contributed by atoms with Gasteiger partial charge in [-0.1, -0.05) is 0 Å². The Morgan fingerprint density at radius 1 is 0.812 bits per heavy atom. The van der Waals surface area contributed by atoms with E-state index < -0.39 is 12.9 Å². The maximum atomic E-state index is 7.16. The van der Waals surface area contributed by atoms with Crippen LogP contribution in [-0.2, 0) is 12.9 Å². The van der Waals surface area contributed by atoms with Crippen LogP contribution in [0, 0.1) is 0 Å². The predicted octanol–water partition coefficient (Wildman–Crippen LogP) is 5.41. The molecule has 0 aromatic rings. The van der Waals surface area contributed by atoms with E-state index in [1.165, 1.54) is 0 Å². The molecule has 0 saturated heterocycles. The van der Waals surface area contributed by atoms with Gasteiger partial charge in [-0.2, -0.15) is 0 Å². The van der Waals surface area contributed by atoms with Crippen LogP contribution in [-0.4, -0.2) is 4.21 Å². The molecule has 88 valence electrons. The van der Waals surface area contributed by atoms with Crippen LogP contribution in [0.5, 0.6) is 0 Å². The summed E-state index contributed by atoms with van der Waals surface area (Å²) in [6.07, 6.45) is 16.3. The molecule has 0 N–H and O–H groups in total. The SMILES string of the molecule is [CH2]=[Zr]([CH3])([CH3])([Cl])([Cl])([CH]1C=CC=C1)[CH]1C=CC=C1. The zero-order valence-electron chi connectivity index (χ0n) is 9.74. The monoisotopic (exact) mass is 334 g/mol. The molecule has 2 aliphatic carbocycles. The van der Waals surface area contributed by atoms with Gasteiger partial charge >= 0.3 is 99.3 Å². The summed E-state index contributed by atoms with van der Waals surface area (Å²) in [5, 5.41) is 0. The first-order valence-electron chi connectivity index (χ1n) is 5.64. The van der Waals surface area contributed by atoms with Gasteiger partial charge in [0.15, 0.2) is 0 Å². The van der Waals surface area contributed by atoms with E-state index in [-0.39, 0.29) is 7.25 Å². The second kappa shape index (κ2) is 2.51. The average molecular weight is 336 g/mol. The maximum absolute atomic E-state index is 7.16. The third-order valence-electron chi connectivity index (χ3n) is 4.19. The molecule has 0 saturated carbocycles. The fourth-order valence-electron chi connectivity index (χ4n) is 2.64. The summed E-state index contributed by atoms with van der Waals surface area (Å²) in [6.45, 7) is 0. The molecule has 2 rings (SSSR count). The Labute approximate surface area is 98.5 Å². The molecule has 3 heteroatoms. The topological polar surface area (TPSA) is 0 Å². The molecular formula is C13H18Cl2Zr. The molecule has 0 fully saturated rings. The number of rotatable bonds is 2. The molecule has 0 radical (unpaired) electrons. The van der Waals surface area contributed by atoms with E-state index >= 15 is 0 Å². The summed E-state index contributed by atoms with van der Waals surface area (Å²) in [7, 11) is 14.3. The Hall–Kier alpha value is 0.293. The number of hydrogen-bond donors (Lipinski definition) is 0. The molecule has 0 aliphatic heterocycles. The van der Waals surface area contributed by atoms with Crippen LogP contribution in [0.3, 0.4) is 0 Å². The molecule has 0 spiro atoms. The Morgan fingerprint density at radius 2 is 1.06 bits per heavy atom. The van der Waals surface area contributed by atoms with Crippen LogP contribution < -0.4 is 0 Å². The minimum atomic E-state index is -5.05. The van der Waals surface area contributed by atoms with E-state index in [1.807, 2.05) is 33.6 Å². The molecule has 0 unspecified atom stereocenters. The fraction of sp³-hybridized carbons (Fsp3) is 0.308. The molecule has 0 nitrogen and oxygen atoms in total. The van der Waals surface area contributed by atoms with Gasteiger partial charge in [-0.3, -0.25) is 0 Å². The molecule has 0 atom stereocenters. The van der Waals surface area contributed by atoms with E-state index in [0.29, 0.717) is 0 Å². The van der Waals surface area contributed by atoms with Gasteiger partial charge in [-0.15, -0.1) is 0 Å². The molecule has 0 heterocycles. The van der Waals surface area contributed by atoms with Gasteiger partial charge in [-0.25, -0.2) is 0 Å². The van der Waals surface area contributed by atoms with Crippen molar-refractivity contribution in [3.8, 4) is 0 Å². The van der Waals surface area contributed by atoms with E-state index in [1.54, 1.807) is 0 Å². The normalized spacial score (nSPS) is 27.9. The van der Waals surface area contributed by atoms with Gasteiger partial charge < -0.3 is 0 Å². The number of halogens is 2. The Morgan fingerprint density at radius 3 is 1.31 bits per heavy atom. The summed E-state index contributed by atoms with van der Waals surface area (Å²) in [6, 6.07) is 0. The molecular weight excluding hydrogens is 318 g/mol. The van der Waals surface area contributed by atoms with Crippen molar-refractivity contribution in [2.24, 2.45) is 0 Å². The first-order valence-corrected chi connectivity index (χ1v) is 21.5. The van der Waals surface area contributed by atoms with Crippen LogP contribution >= 0.6 is 17.0 Å². The molecule has 0 aromatic heterocycles. The second-order valence-corrected chi connectivity index (χ2v) is 53.0. The van der Waals surface area contributed by atoms with Crippen molar-refractivity contribution < 1.29 is 12.9 Å². The van der Waals surface area contributed by atoms with Gasteiger partial charge in [-0.05, 0) is 0 Å². The summed E-state index contributed by atoms with van der Waals surface area (Å²) in [5.41, 5.74) is 0. The molecule has 0 aromatic carbocycles. The van der Waals surface area contributed by atoms with Crippen LogP contribution in [0.25, 0.3) is 0 Å². The minimum absolute atomic E-state index is 0.0393. The molecule has 16 heavy (non-hydrogen) atoms. The van der Waals surface area contributed by atoms with Crippen molar-refractivity contribution in [3.63, 3.8) is 0 Å². The predicted molar refractivity (Wildman–Crippen MR) is 74.6 cm³/mol. The zero-order chi connectivity index (χ0) is 12.2. The summed E-state index contributed by atoms with van der Waals surface area (Å²) >= 11 is -5.05. The van der Waals surface area contributed by atoms with Crippen LogP contribution in [0.4, 0.5) is 0 Å². The Balaban J connectivity index is 2.75. The van der Waals surface area contributed by atoms with Crippen molar-refractivity contribution in [1.29, 1.82) is 0 Å². The standard InChI is InChI=1S/2C5H5.2CH3.CH2.2ClH.Zr/c2*1-2-4-5-3-1;;;;;;/h2*1-5H;2*1H3;1H2;2*1H;/q;;;;;;;+2/p-2. The molecule has 0 bridgehead atoms. The second-order valence-electron chi connectivity index (χ2n) is 7.06.